The number of nitrogens with zero attached hydrogens (tertiary/aromatic N) is 2. The number of hydrogen-bond acceptors (Lipinski definition) is 3. The molecule has 4 nitrogen and oxygen atoms in total. The van der Waals surface area contributed by atoms with E-state index in [1.165, 1.54) is 7.11 Å². The summed E-state index contributed by atoms with van der Waals surface area (Å²) < 4.78 is 6.30. The van der Waals surface area contributed by atoms with E-state index in [0.717, 1.165) is 11.4 Å². The minimum absolute atomic E-state index is 0.272. The minimum atomic E-state index is -0.348. The number of carbonyl (C=O) groups excluding carboxylic acids is 1. The second kappa shape index (κ2) is 3.60. The fourth-order valence-electron chi connectivity index (χ4n) is 1.31. The maximum atomic E-state index is 11.2. The van der Waals surface area contributed by atoms with Crippen LogP contribution in [0.15, 0.2) is 6.07 Å². The van der Waals surface area contributed by atoms with Gasteiger partial charge in [0.2, 0.25) is 0 Å². The summed E-state index contributed by atoms with van der Waals surface area (Å²) in [7, 11) is 1.38. The highest BCUT2D eigenvalue weighted by atomic mass is 16.5. The monoisotopic (exact) mass is 182 g/mol. The first kappa shape index (κ1) is 9.77. The second-order valence-electron chi connectivity index (χ2n) is 3.07. The van der Waals surface area contributed by atoms with Gasteiger partial charge in [-0.05, 0) is 26.8 Å². The first-order valence-electron chi connectivity index (χ1n) is 4.17. The Morgan fingerprint density at radius 2 is 2.23 bits per heavy atom. The molecule has 0 saturated heterocycles. The van der Waals surface area contributed by atoms with Gasteiger partial charge in [-0.15, -0.1) is 0 Å². The molecular formula is C9H14N2O2. The summed E-state index contributed by atoms with van der Waals surface area (Å²) in [5.74, 6) is -0.272. The highest BCUT2D eigenvalue weighted by Crippen LogP contribution is 2.11. The molecule has 0 fully saturated rings. The number of aromatic nitrogens is 2. The normalized spacial score (nSPS) is 12.6. The van der Waals surface area contributed by atoms with Crippen LogP contribution in [0.2, 0.25) is 0 Å². The van der Waals surface area contributed by atoms with E-state index in [-0.39, 0.29) is 12.0 Å². The molecule has 13 heavy (non-hydrogen) atoms. The number of ether oxygens (including phenoxy) is 1. The van der Waals surface area contributed by atoms with Gasteiger partial charge in [0.05, 0.1) is 12.8 Å². The second-order valence-corrected chi connectivity index (χ2v) is 3.07. The Morgan fingerprint density at radius 3 is 2.62 bits per heavy atom. The van der Waals surface area contributed by atoms with Crippen molar-refractivity contribution < 1.29 is 9.53 Å². The number of methoxy groups -OCH3 is 1. The number of hydrogen-bond donors (Lipinski definition) is 0. The van der Waals surface area contributed by atoms with E-state index in [1.54, 1.807) is 11.6 Å². The molecule has 0 aliphatic heterocycles. The number of carbonyl (C=O) groups is 1. The smallest absolute Gasteiger partial charge is 0.330 e. The first-order chi connectivity index (χ1) is 6.06. The minimum Gasteiger partial charge on any atom is -0.467 e. The molecule has 1 rings (SSSR count). The Bertz CT molecular complexity index is 317. The topological polar surface area (TPSA) is 44.1 Å². The van der Waals surface area contributed by atoms with Crippen LogP contribution in [-0.2, 0) is 9.53 Å². The highest BCUT2D eigenvalue weighted by Gasteiger charge is 2.17. The van der Waals surface area contributed by atoms with Crippen LogP contribution in [0.25, 0.3) is 0 Å². The lowest BCUT2D eigenvalue weighted by molar-refractivity contribution is -0.144. The maximum Gasteiger partial charge on any atom is 0.330 e. The molecular weight excluding hydrogens is 168 g/mol. The quantitative estimate of drug-likeness (QED) is 0.646. The summed E-state index contributed by atoms with van der Waals surface area (Å²) >= 11 is 0. The van der Waals surface area contributed by atoms with Crippen LogP contribution in [0.1, 0.15) is 24.4 Å². The van der Waals surface area contributed by atoms with Gasteiger partial charge in [-0.25, -0.2) is 4.79 Å². The summed E-state index contributed by atoms with van der Waals surface area (Å²) in [6, 6.07) is 1.58. The Morgan fingerprint density at radius 1 is 1.62 bits per heavy atom. The van der Waals surface area contributed by atoms with Gasteiger partial charge >= 0.3 is 5.97 Å². The molecule has 0 radical (unpaired) electrons. The highest BCUT2D eigenvalue weighted by molar-refractivity contribution is 5.73. The van der Waals surface area contributed by atoms with E-state index < -0.39 is 0 Å². The molecule has 0 aliphatic carbocycles. The largest absolute Gasteiger partial charge is 0.467 e. The summed E-state index contributed by atoms with van der Waals surface area (Å²) in [4.78, 5) is 11.2. The molecule has 1 aromatic heterocycles. The van der Waals surface area contributed by atoms with Crippen molar-refractivity contribution in [1.29, 1.82) is 0 Å². The molecule has 0 unspecified atom stereocenters. The molecule has 0 amide bonds. The van der Waals surface area contributed by atoms with Crippen LogP contribution in [-0.4, -0.2) is 22.9 Å². The zero-order valence-electron chi connectivity index (χ0n) is 8.37. The summed E-state index contributed by atoms with van der Waals surface area (Å²) in [6.45, 7) is 5.58. The molecule has 0 spiro atoms. The van der Waals surface area contributed by atoms with Crippen LogP contribution < -0.4 is 0 Å². The van der Waals surface area contributed by atoms with E-state index in [4.69, 9.17) is 0 Å². The van der Waals surface area contributed by atoms with Crippen molar-refractivity contribution in [2.75, 3.05) is 7.11 Å². The van der Waals surface area contributed by atoms with Gasteiger partial charge in [0.15, 0.2) is 0 Å². The van der Waals surface area contributed by atoms with Gasteiger partial charge in [-0.2, -0.15) is 5.10 Å². The van der Waals surface area contributed by atoms with Gasteiger partial charge < -0.3 is 4.74 Å². The van der Waals surface area contributed by atoms with Gasteiger partial charge in [-0.1, -0.05) is 0 Å². The van der Waals surface area contributed by atoms with E-state index >= 15 is 0 Å². The van der Waals surface area contributed by atoms with Crippen molar-refractivity contribution in [2.45, 2.75) is 26.8 Å². The van der Waals surface area contributed by atoms with Crippen molar-refractivity contribution in [3.63, 3.8) is 0 Å². The summed E-state index contributed by atoms with van der Waals surface area (Å²) in [6.07, 6.45) is 0. The average molecular weight is 182 g/mol. The Hall–Kier alpha value is -1.32. The molecule has 4 heteroatoms. The van der Waals surface area contributed by atoms with Crippen LogP contribution >= 0.6 is 0 Å². The molecule has 1 atom stereocenters. The van der Waals surface area contributed by atoms with Crippen molar-refractivity contribution in [2.24, 2.45) is 0 Å². The van der Waals surface area contributed by atoms with E-state index in [2.05, 4.69) is 9.84 Å². The third kappa shape index (κ3) is 1.88. The van der Waals surface area contributed by atoms with Crippen LogP contribution in [0.5, 0.6) is 0 Å². The molecule has 1 aromatic rings. The lowest BCUT2D eigenvalue weighted by Gasteiger charge is -2.11. The molecule has 0 N–H and O–H groups in total. The Labute approximate surface area is 77.5 Å². The van der Waals surface area contributed by atoms with Gasteiger partial charge in [-0.3, -0.25) is 4.68 Å². The summed E-state index contributed by atoms with van der Waals surface area (Å²) in [5, 5.41) is 4.20. The molecule has 0 aliphatic rings. The number of aryl methyl sites for hydroxylation is 2. The van der Waals surface area contributed by atoms with E-state index in [9.17, 15) is 4.79 Å². The third-order valence-electron chi connectivity index (χ3n) is 1.95. The molecule has 0 bridgehead atoms. The van der Waals surface area contributed by atoms with Crippen molar-refractivity contribution in [3.8, 4) is 0 Å². The Balaban J connectivity index is 2.94. The fraction of sp³-hybridized carbons (Fsp3) is 0.556. The molecule has 72 valence electrons. The fourth-order valence-corrected chi connectivity index (χ4v) is 1.31. The van der Waals surface area contributed by atoms with Gasteiger partial charge in [0.25, 0.3) is 0 Å². The van der Waals surface area contributed by atoms with Crippen molar-refractivity contribution in [3.05, 3.63) is 17.5 Å². The van der Waals surface area contributed by atoms with Crippen LogP contribution in [0, 0.1) is 13.8 Å². The average Bonchev–Trinajstić information content (AvgIpc) is 2.42. The standard InChI is InChI=1S/C9H14N2O2/c1-6-5-7(2)11(10-6)8(3)9(12)13-4/h5,8H,1-4H3/t8-/m0/s1. The Kier molecular flexibility index (Phi) is 2.70. The predicted molar refractivity (Wildman–Crippen MR) is 48.4 cm³/mol. The van der Waals surface area contributed by atoms with Crippen LogP contribution in [0.4, 0.5) is 0 Å². The maximum absolute atomic E-state index is 11.2. The molecule has 1 heterocycles. The molecule has 0 aromatic carbocycles. The first-order valence-corrected chi connectivity index (χ1v) is 4.17. The predicted octanol–water partition coefficient (Wildman–Crippen LogP) is 1.23. The SMILES string of the molecule is COC(=O)[C@H](C)n1nc(C)cc1C. The van der Waals surface area contributed by atoms with E-state index in [1.807, 2.05) is 19.9 Å². The number of esters is 1. The number of rotatable bonds is 2. The third-order valence-corrected chi connectivity index (χ3v) is 1.95. The molecule has 0 saturated carbocycles. The van der Waals surface area contributed by atoms with Crippen molar-refractivity contribution >= 4 is 5.97 Å². The van der Waals surface area contributed by atoms with E-state index in [0.29, 0.717) is 0 Å². The zero-order valence-corrected chi connectivity index (χ0v) is 8.37. The summed E-state index contributed by atoms with van der Waals surface area (Å²) in [5.41, 5.74) is 1.88. The zero-order chi connectivity index (χ0) is 10.0. The van der Waals surface area contributed by atoms with Gasteiger partial charge in [0.1, 0.15) is 6.04 Å². The van der Waals surface area contributed by atoms with Crippen LogP contribution in [0.3, 0.4) is 0 Å². The lowest BCUT2D eigenvalue weighted by Crippen LogP contribution is -2.19. The van der Waals surface area contributed by atoms with Crippen molar-refractivity contribution in [1.82, 2.24) is 9.78 Å². The lowest BCUT2D eigenvalue weighted by atomic mass is 10.3. The van der Waals surface area contributed by atoms with Gasteiger partial charge in [0, 0.05) is 5.69 Å².